The molecule has 2 aromatic rings. The van der Waals surface area contributed by atoms with Gasteiger partial charge in [-0.25, -0.2) is 9.99 Å². The summed E-state index contributed by atoms with van der Waals surface area (Å²) in [6, 6.07) is 7.00. The minimum absolute atomic E-state index is 0.0997. The highest BCUT2D eigenvalue weighted by atomic mass is 16.5. The van der Waals surface area contributed by atoms with Crippen molar-refractivity contribution in [2.75, 3.05) is 14.2 Å². The number of hydrogen-bond donors (Lipinski definition) is 1. The van der Waals surface area contributed by atoms with Crippen molar-refractivity contribution in [1.29, 1.82) is 0 Å². The van der Waals surface area contributed by atoms with Gasteiger partial charge >= 0.3 is 0 Å². The summed E-state index contributed by atoms with van der Waals surface area (Å²) in [6.07, 6.45) is 4.11. The number of nitrogens with zero attached hydrogens (tertiary/aromatic N) is 4. The lowest BCUT2D eigenvalue weighted by atomic mass is 10.0. The van der Waals surface area contributed by atoms with Crippen LogP contribution < -0.4 is 10.1 Å². The largest absolute Gasteiger partial charge is 0.497 e. The summed E-state index contributed by atoms with van der Waals surface area (Å²) >= 11 is 0. The Balaban J connectivity index is 1.89. The summed E-state index contributed by atoms with van der Waals surface area (Å²) in [6.45, 7) is 0. The third-order valence-electron chi connectivity index (χ3n) is 4.31. The van der Waals surface area contributed by atoms with E-state index in [9.17, 15) is 9.59 Å². The van der Waals surface area contributed by atoms with Crippen LogP contribution in [0.25, 0.3) is 0 Å². The summed E-state index contributed by atoms with van der Waals surface area (Å²) in [5, 5.41) is 8.28. The number of rotatable bonds is 5. The first-order valence-electron chi connectivity index (χ1n) is 8.25. The molecule has 2 heterocycles. The molecule has 0 aliphatic carbocycles. The second-order valence-corrected chi connectivity index (χ2v) is 6.04. The zero-order chi connectivity index (χ0) is 18.7. The molecule has 1 aliphatic rings. The van der Waals surface area contributed by atoms with Gasteiger partial charge in [-0.1, -0.05) is 12.1 Å². The fourth-order valence-corrected chi connectivity index (χ4v) is 2.80. The van der Waals surface area contributed by atoms with Crippen LogP contribution in [0.1, 0.15) is 30.3 Å². The number of methoxy groups -OCH3 is 1. The molecule has 0 spiro atoms. The maximum Gasteiger partial charge on any atom is 0.268 e. The van der Waals surface area contributed by atoms with Gasteiger partial charge in [-0.15, -0.1) is 0 Å². The molecule has 0 saturated heterocycles. The number of hydrazone groups is 1. The molecule has 8 heteroatoms. The molecular weight excluding hydrogens is 334 g/mol. The van der Waals surface area contributed by atoms with Crippen LogP contribution in [0, 0.1) is 0 Å². The molecule has 0 unspecified atom stereocenters. The number of aromatic nitrogens is 2. The van der Waals surface area contributed by atoms with Crippen molar-refractivity contribution in [1.82, 2.24) is 19.9 Å². The van der Waals surface area contributed by atoms with E-state index in [1.165, 1.54) is 5.01 Å². The van der Waals surface area contributed by atoms with E-state index < -0.39 is 6.04 Å². The number of nitrogens with one attached hydrogen (secondary N) is 1. The second kappa shape index (κ2) is 7.38. The third-order valence-corrected chi connectivity index (χ3v) is 4.31. The van der Waals surface area contributed by atoms with Crippen molar-refractivity contribution < 1.29 is 14.3 Å². The quantitative estimate of drug-likeness (QED) is 0.874. The van der Waals surface area contributed by atoms with Crippen molar-refractivity contribution in [3.8, 4) is 5.75 Å². The lowest BCUT2D eigenvalue weighted by molar-refractivity contribution is -0.130. The van der Waals surface area contributed by atoms with Gasteiger partial charge in [0.05, 0.1) is 7.11 Å². The minimum Gasteiger partial charge on any atom is -0.497 e. The molecule has 1 aromatic heterocycles. The maximum atomic E-state index is 12.7. The number of ether oxygens (including phenoxy) is 1. The van der Waals surface area contributed by atoms with Crippen LogP contribution in [0.5, 0.6) is 5.75 Å². The molecule has 3 rings (SSSR count). The van der Waals surface area contributed by atoms with Crippen LogP contribution in [0.3, 0.4) is 0 Å². The molecule has 2 amide bonds. The fourth-order valence-electron chi connectivity index (χ4n) is 2.80. The first kappa shape index (κ1) is 17.7. The van der Waals surface area contributed by atoms with E-state index in [-0.39, 0.29) is 18.2 Å². The zero-order valence-electron chi connectivity index (χ0n) is 15.0. The van der Waals surface area contributed by atoms with Crippen LogP contribution in [0.4, 0.5) is 0 Å². The summed E-state index contributed by atoms with van der Waals surface area (Å²) < 4.78 is 7.05. The minimum atomic E-state index is -0.445. The number of aryl methyl sites for hydroxylation is 1. The molecular formula is C18H21N5O3. The Hall–Kier alpha value is -3.16. The van der Waals surface area contributed by atoms with Gasteiger partial charge in [0.15, 0.2) is 0 Å². The monoisotopic (exact) mass is 355 g/mol. The fraction of sp³-hybridized carbons (Fsp3) is 0.333. The normalized spacial score (nSPS) is 15.4. The van der Waals surface area contributed by atoms with Gasteiger partial charge in [-0.3, -0.25) is 9.59 Å². The average Bonchev–Trinajstić information content (AvgIpc) is 3.07. The average molecular weight is 355 g/mol. The van der Waals surface area contributed by atoms with Gasteiger partial charge in [-0.2, -0.15) is 5.10 Å². The first-order chi connectivity index (χ1) is 12.5. The molecule has 136 valence electrons. The van der Waals surface area contributed by atoms with Crippen LogP contribution in [0.2, 0.25) is 0 Å². The van der Waals surface area contributed by atoms with Crippen molar-refractivity contribution in [3.05, 3.63) is 48.0 Å². The highest BCUT2D eigenvalue weighted by Gasteiger charge is 2.26. The molecule has 1 N–H and O–H groups in total. The van der Waals surface area contributed by atoms with Crippen LogP contribution in [0.15, 0.2) is 41.8 Å². The van der Waals surface area contributed by atoms with E-state index >= 15 is 0 Å². The topological polar surface area (TPSA) is 88.8 Å². The Morgan fingerprint density at radius 3 is 2.54 bits per heavy atom. The van der Waals surface area contributed by atoms with Crippen molar-refractivity contribution >= 4 is 17.5 Å². The Labute approximate surface area is 151 Å². The van der Waals surface area contributed by atoms with E-state index in [4.69, 9.17) is 4.74 Å². The van der Waals surface area contributed by atoms with Gasteiger partial charge in [0.1, 0.15) is 23.3 Å². The molecule has 0 radical (unpaired) electrons. The molecule has 8 nitrogen and oxygen atoms in total. The number of carbonyl (C=O) groups is 2. The highest BCUT2D eigenvalue weighted by molar-refractivity contribution is 6.39. The van der Waals surface area contributed by atoms with E-state index in [0.717, 1.165) is 11.3 Å². The summed E-state index contributed by atoms with van der Waals surface area (Å²) in [5.74, 6) is 1.02. The van der Waals surface area contributed by atoms with Crippen molar-refractivity contribution in [3.63, 3.8) is 0 Å². The molecule has 0 bridgehead atoms. The number of hydrogen-bond acceptors (Lipinski definition) is 5. The first-order valence-corrected chi connectivity index (χ1v) is 8.25. The molecule has 26 heavy (non-hydrogen) atoms. The zero-order valence-corrected chi connectivity index (χ0v) is 15.0. The number of imidazole rings is 1. The number of carbonyl (C=O) groups excluding carboxylic acids is 2. The SMILES string of the molecule is COc1ccc([C@H](NC(=O)C2=NN(C)C(=O)CC2)c2nccn2C)cc1. The Kier molecular flexibility index (Phi) is 5.01. The summed E-state index contributed by atoms with van der Waals surface area (Å²) in [4.78, 5) is 28.7. The van der Waals surface area contributed by atoms with Crippen molar-refractivity contribution in [2.24, 2.45) is 12.1 Å². The third kappa shape index (κ3) is 3.58. The van der Waals surface area contributed by atoms with Gasteiger partial charge in [0.2, 0.25) is 5.91 Å². The van der Waals surface area contributed by atoms with Gasteiger partial charge in [0, 0.05) is 39.3 Å². The lowest BCUT2D eigenvalue weighted by Gasteiger charge is -2.22. The molecule has 1 aromatic carbocycles. The predicted octanol–water partition coefficient (Wildman–Crippen LogP) is 1.24. The molecule has 0 saturated carbocycles. The highest BCUT2D eigenvalue weighted by Crippen LogP contribution is 2.23. The Morgan fingerprint density at radius 1 is 1.23 bits per heavy atom. The summed E-state index contributed by atoms with van der Waals surface area (Å²) in [5.41, 5.74) is 1.20. The second-order valence-electron chi connectivity index (χ2n) is 6.04. The van der Waals surface area contributed by atoms with Gasteiger partial charge < -0.3 is 14.6 Å². The van der Waals surface area contributed by atoms with E-state index in [1.807, 2.05) is 42.1 Å². The Bertz CT molecular complexity index is 841. The van der Waals surface area contributed by atoms with Crippen molar-refractivity contribution in [2.45, 2.75) is 18.9 Å². The van der Waals surface area contributed by atoms with Crippen LogP contribution in [-0.2, 0) is 16.6 Å². The number of benzene rings is 1. The summed E-state index contributed by atoms with van der Waals surface area (Å²) in [7, 11) is 5.02. The number of amides is 2. The predicted molar refractivity (Wildman–Crippen MR) is 95.6 cm³/mol. The van der Waals surface area contributed by atoms with Crippen LogP contribution >= 0.6 is 0 Å². The van der Waals surface area contributed by atoms with Gasteiger partial charge in [0.25, 0.3) is 5.91 Å². The molecule has 1 atom stereocenters. The molecule has 1 aliphatic heterocycles. The van der Waals surface area contributed by atoms with Gasteiger partial charge in [-0.05, 0) is 17.7 Å². The van der Waals surface area contributed by atoms with E-state index in [1.54, 1.807) is 20.4 Å². The molecule has 0 fully saturated rings. The van der Waals surface area contributed by atoms with E-state index in [0.29, 0.717) is 18.0 Å². The van der Waals surface area contributed by atoms with Crippen LogP contribution in [-0.4, -0.2) is 46.2 Å². The smallest absolute Gasteiger partial charge is 0.268 e. The lowest BCUT2D eigenvalue weighted by Crippen LogP contribution is -2.40. The Morgan fingerprint density at radius 2 is 1.96 bits per heavy atom. The maximum absolute atomic E-state index is 12.7. The standard InChI is InChI=1S/C18H21N5O3/c1-22-11-10-19-17(22)16(12-4-6-13(26-3)7-5-12)20-18(25)14-8-9-15(24)23(2)21-14/h4-7,10-11,16H,8-9H2,1-3H3,(H,20,25)/t16-/m0/s1. The van der Waals surface area contributed by atoms with E-state index in [2.05, 4.69) is 15.4 Å².